The van der Waals surface area contributed by atoms with Gasteiger partial charge in [-0.3, -0.25) is 14.5 Å². The zero-order valence-electron chi connectivity index (χ0n) is 14.0. The first-order valence-electron chi connectivity index (χ1n) is 7.99. The zero-order valence-corrected chi connectivity index (χ0v) is 14.8. The number of carboxylic acids is 1. The smallest absolute Gasteiger partial charge is 0.326 e. The minimum absolute atomic E-state index is 0.0821. The highest BCUT2D eigenvalue weighted by Gasteiger charge is 2.31. The molecule has 9 heteroatoms. The van der Waals surface area contributed by atoms with Gasteiger partial charge in [-0.25, -0.2) is 13.2 Å². The highest BCUT2D eigenvalue weighted by atomic mass is 32.2. The number of nitrogens with zero attached hydrogens (tertiary/aromatic N) is 1. The Balaban J connectivity index is 2.16. The van der Waals surface area contributed by atoms with Crippen LogP contribution >= 0.6 is 0 Å². The van der Waals surface area contributed by atoms with Crippen molar-refractivity contribution in [3.63, 3.8) is 0 Å². The summed E-state index contributed by atoms with van der Waals surface area (Å²) in [6.45, 7) is 3.41. The summed E-state index contributed by atoms with van der Waals surface area (Å²) in [7, 11) is -3.68. The number of benzene rings is 1. The molecule has 0 aliphatic carbocycles. The third kappa shape index (κ3) is 4.36. The molecule has 2 rings (SSSR count). The summed E-state index contributed by atoms with van der Waals surface area (Å²) in [4.78, 5) is 27.7. The lowest BCUT2D eigenvalue weighted by Gasteiger charge is -2.16. The van der Waals surface area contributed by atoms with Gasteiger partial charge in [-0.05, 0) is 25.5 Å². The fourth-order valence-electron chi connectivity index (χ4n) is 2.44. The minimum Gasteiger partial charge on any atom is -0.480 e. The molecule has 1 amide bonds. The van der Waals surface area contributed by atoms with Gasteiger partial charge in [0, 0.05) is 5.56 Å². The number of carbonyl (C=O) groups excluding carboxylic acids is 1. The molecule has 25 heavy (non-hydrogen) atoms. The van der Waals surface area contributed by atoms with Gasteiger partial charge < -0.3 is 10.4 Å². The quantitative estimate of drug-likeness (QED) is 0.659. The van der Waals surface area contributed by atoms with Gasteiger partial charge in [-0.1, -0.05) is 31.9 Å². The van der Waals surface area contributed by atoms with E-state index in [4.69, 9.17) is 0 Å². The molecule has 0 fully saturated rings. The molecule has 0 radical (unpaired) electrons. The monoisotopic (exact) mass is 367 g/mol. The predicted octanol–water partition coefficient (Wildman–Crippen LogP) is 0.873. The molecule has 2 atom stereocenters. The Hall–Kier alpha value is -2.42. The molecule has 1 aliphatic heterocycles. The molecule has 0 saturated heterocycles. The number of nitrogens with one attached hydrogen (secondary N) is 2. The van der Waals surface area contributed by atoms with Gasteiger partial charge in [-0.2, -0.15) is 0 Å². The fourth-order valence-corrected chi connectivity index (χ4v) is 3.68. The van der Waals surface area contributed by atoms with E-state index in [1.165, 1.54) is 13.0 Å². The van der Waals surface area contributed by atoms with E-state index in [1.54, 1.807) is 18.2 Å². The largest absolute Gasteiger partial charge is 0.480 e. The maximum Gasteiger partial charge on any atom is 0.326 e. The molecule has 1 aromatic rings. The lowest BCUT2D eigenvalue weighted by Crippen LogP contribution is -2.44. The summed E-state index contributed by atoms with van der Waals surface area (Å²) in [6.07, 6.45) is 1.82. The van der Waals surface area contributed by atoms with E-state index in [2.05, 4.69) is 15.0 Å². The van der Waals surface area contributed by atoms with Crippen molar-refractivity contribution >= 4 is 27.7 Å². The van der Waals surface area contributed by atoms with Crippen LogP contribution in [0.25, 0.3) is 0 Å². The third-order valence-electron chi connectivity index (χ3n) is 3.83. The normalized spacial score (nSPS) is 18.9. The van der Waals surface area contributed by atoms with Crippen LogP contribution < -0.4 is 10.0 Å². The van der Waals surface area contributed by atoms with Crippen molar-refractivity contribution < 1.29 is 23.1 Å². The molecule has 0 bridgehead atoms. The van der Waals surface area contributed by atoms with Crippen molar-refractivity contribution in [2.75, 3.05) is 0 Å². The van der Waals surface area contributed by atoms with Gasteiger partial charge in [0.25, 0.3) is 10.0 Å². The van der Waals surface area contributed by atoms with Crippen LogP contribution in [0.2, 0.25) is 0 Å². The van der Waals surface area contributed by atoms with Crippen LogP contribution in [0.4, 0.5) is 0 Å². The van der Waals surface area contributed by atoms with E-state index >= 15 is 0 Å². The van der Waals surface area contributed by atoms with Crippen LogP contribution in [-0.4, -0.2) is 43.3 Å². The maximum atomic E-state index is 12.2. The fraction of sp³-hybridized carbons (Fsp3) is 0.438. The van der Waals surface area contributed by atoms with Crippen LogP contribution in [0.15, 0.2) is 34.2 Å². The van der Waals surface area contributed by atoms with E-state index in [0.29, 0.717) is 18.4 Å². The van der Waals surface area contributed by atoms with Gasteiger partial charge >= 0.3 is 5.97 Å². The van der Waals surface area contributed by atoms with Gasteiger partial charge in [0.15, 0.2) is 0 Å². The maximum absolute atomic E-state index is 12.2. The summed E-state index contributed by atoms with van der Waals surface area (Å²) in [5.74, 6) is -1.59. The first-order valence-corrected chi connectivity index (χ1v) is 9.47. The highest BCUT2D eigenvalue weighted by Crippen LogP contribution is 2.22. The van der Waals surface area contributed by atoms with Crippen LogP contribution in [0.5, 0.6) is 0 Å². The number of rotatable bonds is 7. The zero-order chi connectivity index (χ0) is 18.6. The summed E-state index contributed by atoms with van der Waals surface area (Å²) in [5.41, 5.74) is 0.392. The minimum atomic E-state index is -3.68. The molecule has 1 aromatic carbocycles. The average Bonchev–Trinajstić information content (AvgIpc) is 2.82. The van der Waals surface area contributed by atoms with Crippen molar-refractivity contribution in [3.8, 4) is 0 Å². The van der Waals surface area contributed by atoms with Gasteiger partial charge in [0.2, 0.25) is 5.91 Å². The Labute approximate surface area is 146 Å². The summed E-state index contributed by atoms with van der Waals surface area (Å²) < 4.78 is 26.4. The molecule has 136 valence electrons. The molecule has 0 saturated carbocycles. The highest BCUT2D eigenvalue weighted by molar-refractivity contribution is 7.90. The molecule has 1 heterocycles. The third-order valence-corrected chi connectivity index (χ3v) is 5.22. The predicted molar refractivity (Wildman–Crippen MR) is 91.9 cm³/mol. The number of carbonyl (C=O) groups is 2. The first-order chi connectivity index (χ1) is 11.8. The number of hydrogen-bond acceptors (Lipinski definition) is 5. The Bertz CT molecular complexity index is 804. The second-order valence-electron chi connectivity index (χ2n) is 5.80. The average molecular weight is 367 g/mol. The molecule has 1 aliphatic rings. The lowest BCUT2D eigenvalue weighted by molar-refractivity contribution is -0.142. The van der Waals surface area contributed by atoms with Crippen LogP contribution in [0.1, 0.15) is 38.7 Å². The van der Waals surface area contributed by atoms with Crippen molar-refractivity contribution in [3.05, 3.63) is 29.8 Å². The SMILES string of the molecule is CCCC[C@H](NC(=O)C(C)N=C1NS(=O)(=O)c2ccccc21)C(=O)O. The lowest BCUT2D eigenvalue weighted by atomic mass is 10.1. The molecule has 0 spiro atoms. The summed E-state index contributed by atoms with van der Waals surface area (Å²) in [6, 6.07) is 4.40. The van der Waals surface area contributed by atoms with Crippen LogP contribution in [0, 0.1) is 0 Å². The van der Waals surface area contributed by atoms with E-state index in [9.17, 15) is 23.1 Å². The van der Waals surface area contributed by atoms with Crippen molar-refractivity contribution in [2.24, 2.45) is 4.99 Å². The Morgan fingerprint density at radius 3 is 2.64 bits per heavy atom. The van der Waals surface area contributed by atoms with Crippen LogP contribution in [0.3, 0.4) is 0 Å². The van der Waals surface area contributed by atoms with E-state index in [-0.39, 0.29) is 10.7 Å². The van der Waals surface area contributed by atoms with E-state index in [0.717, 1.165) is 6.42 Å². The Morgan fingerprint density at radius 2 is 2.00 bits per heavy atom. The molecule has 1 unspecified atom stereocenters. The number of unbranched alkanes of at least 4 members (excludes halogenated alkanes) is 1. The van der Waals surface area contributed by atoms with Gasteiger partial charge in [-0.15, -0.1) is 0 Å². The van der Waals surface area contributed by atoms with Gasteiger partial charge in [0.1, 0.15) is 17.9 Å². The van der Waals surface area contributed by atoms with E-state index in [1.807, 2.05) is 6.92 Å². The molecule has 0 aromatic heterocycles. The first kappa shape index (κ1) is 18.9. The standard InChI is InChI=1S/C16H21N3O5S/c1-3-4-8-12(16(21)22)18-15(20)10(2)17-14-11-7-5-6-9-13(11)25(23,24)19-14/h5-7,9-10,12H,3-4,8H2,1-2H3,(H,17,19)(H,18,20)(H,21,22)/t10?,12-/m0/s1. The van der Waals surface area contributed by atoms with Crippen molar-refractivity contribution in [2.45, 2.75) is 50.1 Å². The second-order valence-corrected chi connectivity index (χ2v) is 7.45. The Morgan fingerprint density at radius 1 is 1.32 bits per heavy atom. The summed E-state index contributed by atoms with van der Waals surface area (Å²) >= 11 is 0. The molecule has 8 nitrogen and oxygen atoms in total. The number of carboxylic acid groups (broad SMARTS) is 1. The van der Waals surface area contributed by atoms with Gasteiger partial charge in [0.05, 0.1) is 4.90 Å². The second kappa shape index (κ2) is 7.64. The number of aliphatic imine (C=N–C) groups is 1. The number of aliphatic carboxylic acids is 1. The van der Waals surface area contributed by atoms with Crippen molar-refractivity contribution in [1.29, 1.82) is 0 Å². The van der Waals surface area contributed by atoms with Crippen LogP contribution in [-0.2, 0) is 19.6 Å². The number of hydrogen-bond donors (Lipinski definition) is 3. The summed E-state index contributed by atoms with van der Waals surface area (Å²) in [5, 5.41) is 11.6. The van der Waals surface area contributed by atoms with Crippen molar-refractivity contribution in [1.82, 2.24) is 10.0 Å². The molecular weight excluding hydrogens is 346 g/mol. The molecule has 3 N–H and O–H groups in total. The number of fused-ring (bicyclic) bond motifs is 1. The topological polar surface area (TPSA) is 125 Å². The number of sulfonamides is 1. The number of amides is 1. The number of amidine groups is 1. The van der Waals surface area contributed by atoms with E-state index < -0.39 is 34.0 Å². The molecular formula is C16H21N3O5S. The Kier molecular flexibility index (Phi) is 5.78.